The minimum absolute atomic E-state index is 0.142. The molecule has 2 aromatic heterocycles. The van der Waals surface area contributed by atoms with Crippen molar-refractivity contribution >= 4 is 17.6 Å². The fourth-order valence-electron chi connectivity index (χ4n) is 3.65. The van der Waals surface area contributed by atoms with Crippen LogP contribution in [-0.2, 0) is 9.53 Å². The van der Waals surface area contributed by atoms with Crippen molar-refractivity contribution in [1.29, 1.82) is 0 Å². The van der Waals surface area contributed by atoms with Crippen molar-refractivity contribution in [3.63, 3.8) is 0 Å². The van der Waals surface area contributed by atoms with Gasteiger partial charge in [0.1, 0.15) is 23.9 Å². The molecule has 0 radical (unpaired) electrons. The normalized spacial score (nSPS) is 23.5. The molecular formula is C18H23N5O3. The molecule has 3 atom stereocenters. The number of fused-ring (bicyclic) bond motifs is 1. The first-order valence-corrected chi connectivity index (χ1v) is 8.42. The topological polar surface area (TPSA) is 116 Å². The predicted molar refractivity (Wildman–Crippen MR) is 94.9 cm³/mol. The van der Waals surface area contributed by atoms with Gasteiger partial charge in [0.15, 0.2) is 0 Å². The van der Waals surface area contributed by atoms with Crippen LogP contribution in [0.2, 0.25) is 0 Å². The second kappa shape index (κ2) is 5.95. The monoisotopic (exact) mass is 357 g/mol. The Kier molecular flexibility index (Phi) is 4.15. The van der Waals surface area contributed by atoms with Gasteiger partial charge in [-0.05, 0) is 20.3 Å². The SMILES string of the molecule is CC(=O)OC1CC(C(C)(O)C#Cc2c(C)nc3ncnn3c2N)C1(C)C. The Morgan fingerprint density at radius 1 is 1.54 bits per heavy atom. The Hall–Kier alpha value is -2.66. The molecule has 0 aliphatic heterocycles. The van der Waals surface area contributed by atoms with Crippen molar-refractivity contribution in [3.05, 3.63) is 17.6 Å². The summed E-state index contributed by atoms with van der Waals surface area (Å²) in [5, 5.41) is 15.0. The highest BCUT2D eigenvalue weighted by molar-refractivity contribution is 5.66. The van der Waals surface area contributed by atoms with Crippen LogP contribution in [0.1, 0.15) is 45.4 Å². The van der Waals surface area contributed by atoms with E-state index in [-0.39, 0.29) is 23.4 Å². The van der Waals surface area contributed by atoms with E-state index in [0.29, 0.717) is 29.3 Å². The van der Waals surface area contributed by atoms with Crippen LogP contribution in [0.4, 0.5) is 5.82 Å². The third-order valence-electron chi connectivity index (χ3n) is 5.25. The van der Waals surface area contributed by atoms with Gasteiger partial charge in [0.05, 0.1) is 11.3 Å². The maximum atomic E-state index is 11.2. The first kappa shape index (κ1) is 18.1. The Bertz CT molecular complexity index is 935. The van der Waals surface area contributed by atoms with Crippen LogP contribution in [0.5, 0.6) is 0 Å². The molecule has 2 aromatic rings. The first-order chi connectivity index (χ1) is 12.0. The predicted octanol–water partition coefficient (Wildman–Crippen LogP) is 1.10. The number of aromatic nitrogens is 4. The number of aliphatic hydroxyl groups is 1. The zero-order valence-corrected chi connectivity index (χ0v) is 15.6. The molecule has 2 heterocycles. The molecular weight excluding hydrogens is 334 g/mol. The number of carbonyl (C=O) groups is 1. The second-order valence-electron chi connectivity index (χ2n) is 7.53. The summed E-state index contributed by atoms with van der Waals surface area (Å²) >= 11 is 0. The van der Waals surface area contributed by atoms with Crippen molar-refractivity contribution in [2.75, 3.05) is 5.73 Å². The van der Waals surface area contributed by atoms with Gasteiger partial charge in [0.2, 0.25) is 0 Å². The highest BCUT2D eigenvalue weighted by Gasteiger charge is 2.57. The lowest BCUT2D eigenvalue weighted by Crippen LogP contribution is -2.59. The summed E-state index contributed by atoms with van der Waals surface area (Å²) in [4.78, 5) is 19.5. The van der Waals surface area contributed by atoms with Gasteiger partial charge in [0.25, 0.3) is 5.78 Å². The van der Waals surface area contributed by atoms with E-state index in [9.17, 15) is 9.90 Å². The van der Waals surface area contributed by atoms with Crippen LogP contribution in [-0.4, -0.2) is 42.4 Å². The standard InChI is InChI=1S/C18H23N5O3/c1-10-12(15(19)23-16(22-10)20-9-21-23)6-7-18(5,25)13-8-14(17(13,3)4)26-11(2)24/h9,13-14,25H,8,19H2,1-5H3. The van der Waals surface area contributed by atoms with Crippen LogP contribution in [0, 0.1) is 30.1 Å². The minimum atomic E-state index is -1.27. The maximum Gasteiger partial charge on any atom is 0.302 e. The van der Waals surface area contributed by atoms with Gasteiger partial charge in [-0.25, -0.2) is 4.98 Å². The van der Waals surface area contributed by atoms with Crippen molar-refractivity contribution < 1.29 is 14.6 Å². The van der Waals surface area contributed by atoms with E-state index < -0.39 is 5.60 Å². The molecule has 0 amide bonds. The number of carbonyl (C=O) groups excluding carboxylic acids is 1. The first-order valence-electron chi connectivity index (χ1n) is 8.42. The number of esters is 1. The second-order valence-corrected chi connectivity index (χ2v) is 7.53. The lowest BCUT2D eigenvalue weighted by molar-refractivity contribution is -0.194. The van der Waals surface area contributed by atoms with E-state index in [4.69, 9.17) is 10.5 Å². The number of rotatable bonds is 2. The van der Waals surface area contributed by atoms with Gasteiger partial charge in [0, 0.05) is 18.3 Å². The van der Waals surface area contributed by atoms with Crippen LogP contribution >= 0.6 is 0 Å². The number of nitrogen functional groups attached to an aromatic ring is 1. The molecule has 1 aliphatic carbocycles. The molecule has 138 valence electrons. The molecule has 3 N–H and O–H groups in total. The number of anilines is 1. The van der Waals surface area contributed by atoms with Crippen molar-refractivity contribution in [2.24, 2.45) is 11.3 Å². The lowest BCUT2D eigenvalue weighted by atomic mass is 9.54. The molecule has 1 fully saturated rings. The fraction of sp³-hybridized carbons (Fsp3) is 0.556. The number of hydrogen-bond donors (Lipinski definition) is 2. The summed E-state index contributed by atoms with van der Waals surface area (Å²) in [5.74, 6) is 6.17. The van der Waals surface area contributed by atoms with Gasteiger partial charge in [-0.2, -0.15) is 14.6 Å². The Labute approximate surface area is 151 Å². The van der Waals surface area contributed by atoms with Gasteiger partial charge >= 0.3 is 5.97 Å². The van der Waals surface area contributed by atoms with E-state index in [0.717, 1.165) is 0 Å². The lowest BCUT2D eigenvalue weighted by Gasteiger charge is -2.54. The molecule has 0 spiro atoms. The quantitative estimate of drug-likeness (QED) is 0.610. The maximum absolute atomic E-state index is 11.2. The van der Waals surface area contributed by atoms with E-state index >= 15 is 0 Å². The third-order valence-corrected chi connectivity index (χ3v) is 5.25. The zero-order chi connectivity index (χ0) is 19.3. The number of ether oxygens (including phenoxy) is 1. The van der Waals surface area contributed by atoms with Crippen LogP contribution < -0.4 is 5.73 Å². The minimum Gasteiger partial charge on any atom is -0.462 e. The van der Waals surface area contributed by atoms with E-state index in [1.807, 2.05) is 13.8 Å². The summed E-state index contributed by atoms with van der Waals surface area (Å²) in [6.07, 6.45) is 1.71. The molecule has 26 heavy (non-hydrogen) atoms. The Balaban J connectivity index is 1.89. The third kappa shape index (κ3) is 2.88. The highest BCUT2D eigenvalue weighted by atomic mass is 16.5. The van der Waals surface area contributed by atoms with Crippen LogP contribution in [0.15, 0.2) is 6.33 Å². The van der Waals surface area contributed by atoms with E-state index in [1.165, 1.54) is 17.8 Å². The van der Waals surface area contributed by atoms with Gasteiger partial charge < -0.3 is 15.6 Å². The highest BCUT2D eigenvalue weighted by Crippen LogP contribution is 2.52. The number of nitrogens with zero attached hydrogens (tertiary/aromatic N) is 4. The largest absolute Gasteiger partial charge is 0.462 e. The molecule has 1 saturated carbocycles. The van der Waals surface area contributed by atoms with Crippen molar-refractivity contribution in [1.82, 2.24) is 19.6 Å². The average molecular weight is 357 g/mol. The molecule has 0 aromatic carbocycles. The van der Waals surface area contributed by atoms with E-state index in [1.54, 1.807) is 13.8 Å². The molecule has 1 aliphatic rings. The molecule has 8 heteroatoms. The Morgan fingerprint density at radius 2 is 2.23 bits per heavy atom. The summed E-state index contributed by atoms with van der Waals surface area (Å²) in [5.41, 5.74) is 5.61. The zero-order valence-electron chi connectivity index (χ0n) is 15.6. The Morgan fingerprint density at radius 3 is 2.85 bits per heavy atom. The average Bonchev–Trinajstić information content (AvgIpc) is 2.98. The molecule has 8 nitrogen and oxygen atoms in total. The van der Waals surface area contributed by atoms with Crippen molar-refractivity contribution in [3.8, 4) is 11.8 Å². The number of aryl methyl sites for hydroxylation is 1. The summed E-state index contributed by atoms with van der Waals surface area (Å²) in [6, 6.07) is 0. The summed E-state index contributed by atoms with van der Waals surface area (Å²) in [7, 11) is 0. The summed E-state index contributed by atoms with van der Waals surface area (Å²) < 4.78 is 6.73. The van der Waals surface area contributed by atoms with E-state index in [2.05, 4.69) is 26.9 Å². The molecule has 0 saturated heterocycles. The van der Waals surface area contributed by atoms with Gasteiger partial charge in [-0.3, -0.25) is 4.79 Å². The van der Waals surface area contributed by atoms with Gasteiger partial charge in [-0.1, -0.05) is 25.7 Å². The number of nitrogens with two attached hydrogens (primary N) is 1. The molecule has 3 unspecified atom stereocenters. The van der Waals surface area contributed by atoms with Crippen LogP contribution in [0.25, 0.3) is 5.78 Å². The van der Waals surface area contributed by atoms with Crippen molar-refractivity contribution in [2.45, 2.75) is 52.7 Å². The number of hydrogen-bond acceptors (Lipinski definition) is 7. The molecule has 3 rings (SSSR count). The van der Waals surface area contributed by atoms with Crippen LogP contribution in [0.3, 0.4) is 0 Å². The molecule has 0 bridgehead atoms. The summed E-state index contributed by atoms with van der Waals surface area (Å²) in [6.45, 7) is 8.78. The van der Waals surface area contributed by atoms with Gasteiger partial charge in [-0.15, -0.1) is 0 Å². The fourth-order valence-corrected chi connectivity index (χ4v) is 3.65. The smallest absolute Gasteiger partial charge is 0.302 e.